The molecule has 2 N–H and O–H groups in total. The fourth-order valence-corrected chi connectivity index (χ4v) is 4.49. The largest absolute Gasteiger partial charge is 0.492 e. The first kappa shape index (κ1) is 18.5. The van der Waals surface area contributed by atoms with E-state index < -0.39 is 16.1 Å². The Morgan fingerprint density at radius 3 is 2.80 bits per heavy atom. The van der Waals surface area contributed by atoms with E-state index in [1.54, 1.807) is 12.1 Å². The van der Waals surface area contributed by atoms with Gasteiger partial charge in [-0.3, -0.25) is 4.79 Å². The summed E-state index contributed by atoms with van der Waals surface area (Å²) >= 11 is 5.99. The Hall–Kier alpha value is -1.31. The number of carbonyl (C=O) groups excluding carboxylic acids is 1. The van der Waals surface area contributed by atoms with Crippen LogP contribution in [0.2, 0.25) is 5.02 Å². The maximum absolute atomic E-state index is 12.8. The lowest BCUT2D eigenvalue weighted by molar-refractivity contribution is -0.122. The highest BCUT2D eigenvalue weighted by molar-refractivity contribution is 7.89. The average Bonchev–Trinajstić information content (AvgIpc) is 3.39. The zero-order valence-corrected chi connectivity index (χ0v) is 15.5. The molecule has 0 aromatic heterocycles. The second-order valence-electron chi connectivity index (χ2n) is 6.63. The molecule has 6 nitrogen and oxygen atoms in total. The van der Waals surface area contributed by atoms with Gasteiger partial charge < -0.3 is 10.1 Å². The second kappa shape index (κ2) is 7.93. The minimum atomic E-state index is -3.92. The van der Waals surface area contributed by atoms with Crippen LogP contribution in [0, 0.1) is 5.92 Å². The molecule has 0 bridgehead atoms. The molecule has 1 amide bonds. The fraction of sp³-hybridized carbons (Fsp3) is 0.588. The van der Waals surface area contributed by atoms with Crippen molar-refractivity contribution in [3.63, 3.8) is 0 Å². The first-order valence-corrected chi connectivity index (χ1v) is 10.5. The highest BCUT2D eigenvalue weighted by atomic mass is 35.5. The van der Waals surface area contributed by atoms with Crippen LogP contribution in [-0.4, -0.2) is 33.5 Å². The molecule has 1 aliphatic carbocycles. The van der Waals surface area contributed by atoms with Crippen molar-refractivity contribution in [3.05, 3.63) is 23.2 Å². The van der Waals surface area contributed by atoms with Gasteiger partial charge in [0.1, 0.15) is 16.7 Å². The molecule has 25 heavy (non-hydrogen) atoms. The third-order valence-electron chi connectivity index (χ3n) is 4.51. The summed E-state index contributed by atoms with van der Waals surface area (Å²) in [5.41, 5.74) is 0. The van der Waals surface area contributed by atoms with Gasteiger partial charge in [0.25, 0.3) is 0 Å². The topological polar surface area (TPSA) is 84.5 Å². The van der Waals surface area contributed by atoms with Gasteiger partial charge in [-0.15, -0.1) is 0 Å². The van der Waals surface area contributed by atoms with E-state index in [-0.39, 0.29) is 16.6 Å². The number of hydrogen-bond acceptors (Lipinski definition) is 4. The average molecular weight is 387 g/mol. The summed E-state index contributed by atoms with van der Waals surface area (Å²) in [6, 6.07) is 3.76. The van der Waals surface area contributed by atoms with Crippen LogP contribution in [-0.2, 0) is 14.8 Å². The standard InChI is InChI=1S/C17H23ClN2O4S/c18-13-6-7-15(24-10-8-12-4-5-12)16(11-13)25(22,23)20-14-3-1-2-9-19-17(14)21/h6-7,11-12,14,20H,1-5,8-10H2,(H,19,21)/t14-/m1/s1. The molecule has 0 radical (unpaired) electrons. The van der Waals surface area contributed by atoms with Crippen LogP contribution in [0.3, 0.4) is 0 Å². The summed E-state index contributed by atoms with van der Waals surface area (Å²) in [6.45, 7) is 1.04. The molecule has 1 atom stereocenters. The summed E-state index contributed by atoms with van der Waals surface area (Å²) in [4.78, 5) is 12.0. The summed E-state index contributed by atoms with van der Waals surface area (Å²) < 4.78 is 33.8. The number of halogens is 1. The van der Waals surface area contributed by atoms with Gasteiger partial charge in [0.15, 0.2) is 0 Å². The van der Waals surface area contributed by atoms with Crippen molar-refractivity contribution in [3.8, 4) is 5.75 Å². The Kier molecular flexibility index (Phi) is 5.86. The maximum Gasteiger partial charge on any atom is 0.245 e. The van der Waals surface area contributed by atoms with Crippen LogP contribution in [0.25, 0.3) is 0 Å². The molecule has 2 fully saturated rings. The normalized spacial score (nSPS) is 21.5. The number of hydrogen-bond donors (Lipinski definition) is 2. The Bertz CT molecular complexity index is 734. The molecule has 3 rings (SSSR count). The van der Waals surface area contributed by atoms with Gasteiger partial charge in [0.2, 0.25) is 15.9 Å². The number of benzene rings is 1. The summed E-state index contributed by atoms with van der Waals surface area (Å²) in [6.07, 6.45) is 5.45. The third kappa shape index (κ3) is 5.09. The first-order valence-electron chi connectivity index (χ1n) is 8.68. The van der Waals surface area contributed by atoms with E-state index in [2.05, 4.69) is 10.0 Å². The molecule has 2 aliphatic rings. The van der Waals surface area contributed by atoms with E-state index in [1.807, 2.05) is 0 Å². The lowest BCUT2D eigenvalue weighted by Crippen LogP contribution is -2.45. The number of ether oxygens (including phenoxy) is 1. The molecular formula is C17H23ClN2O4S. The minimum absolute atomic E-state index is 0.0205. The minimum Gasteiger partial charge on any atom is -0.492 e. The van der Waals surface area contributed by atoms with Crippen LogP contribution < -0.4 is 14.8 Å². The molecule has 1 aliphatic heterocycles. The Balaban J connectivity index is 1.76. The van der Waals surface area contributed by atoms with Crippen molar-refractivity contribution in [2.45, 2.75) is 49.5 Å². The number of rotatable bonds is 7. The van der Waals surface area contributed by atoms with Crippen LogP contribution in [0.5, 0.6) is 5.75 Å². The number of carbonyl (C=O) groups is 1. The van der Waals surface area contributed by atoms with Crippen LogP contribution in [0.15, 0.2) is 23.1 Å². The number of sulfonamides is 1. The van der Waals surface area contributed by atoms with Gasteiger partial charge in [-0.05, 0) is 49.8 Å². The van der Waals surface area contributed by atoms with Crippen molar-refractivity contribution in [1.29, 1.82) is 0 Å². The third-order valence-corrected chi connectivity index (χ3v) is 6.24. The van der Waals surface area contributed by atoms with Crippen molar-refractivity contribution in [1.82, 2.24) is 10.0 Å². The predicted molar refractivity (Wildman–Crippen MR) is 95.3 cm³/mol. The van der Waals surface area contributed by atoms with Crippen LogP contribution in [0.1, 0.15) is 38.5 Å². The van der Waals surface area contributed by atoms with Gasteiger partial charge in [-0.25, -0.2) is 8.42 Å². The van der Waals surface area contributed by atoms with E-state index >= 15 is 0 Å². The second-order valence-corrected chi connectivity index (χ2v) is 8.75. The first-order chi connectivity index (χ1) is 12.0. The van der Waals surface area contributed by atoms with E-state index in [0.29, 0.717) is 30.5 Å². The van der Waals surface area contributed by atoms with Gasteiger partial charge in [0.05, 0.1) is 6.61 Å². The molecule has 0 spiro atoms. The van der Waals surface area contributed by atoms with Gasteiger partial charge in [-0.2, -0.15) is 4.72 Å². The molecule has 1 saturated heterocycles. The molecular weight excluding hydrogens is 364 g/mol. The molecule has 1 saturated carbocycles. The number of nitrogens with one attached hydrogen (secondary N) is 2. The number of amides is 1. The predicted octanol–water partition coefficient (Wildman–Crippen LogP) is 2.47. The molecule has 8 heteroatoms. The van der Waals surface area contributed by atoms with Crippen molar-refractivity contribution >= 4 is 27.5 Å². The molecule has 1 aromatic carbocycles. The molecule has 1 aromatic rings. The molecule has 0 unspecified atom stereocenters. The smallest absolute Gasteiger partial charge is 0.245 e. The Morgan fingerprint density at radius 1 is 1.24 bits per heavy atom. The van der Waals surface area contributed by atoms with Crippen LogP contribution >= 0.6 is 11.6 Å². The van der Waals surface area contributed by atoms with E-state index in [1.165, 1.54) is 18.9 Å². The zero-order chi connectivity index (χ0) is 17.9. The SMILES string of the molecule is O=C1NCCCC[C@H]1NS(=O)(=O)c1cc(Cl)ccc1OCCC1CC1. The summed E-state index contributed by atoms with van der Waals surface area (Å²) in [5.74, 6) is 0.672. The van der Waals surface area contributed by atoms with E-state index in [0.717, 1.165) is 19.3 Å². The van der Waals surface area contributed by atoms with Crippen molar-refractivity contribution in [2.75, 3.05) is 13.2 Å². The highest BCUT2D eigenvalue weighted by Gasteiger charge is 2.29. The Morgan fingerprint density at radius 2 is 2.04 bits per heavy atom. The molecule has 1 heterocycles. The van der Waals surface area contributed by atoms with Crippen molar-refractivity contribution < 1.29 is 17.9 Å². The van der Waals surface area contributed by atoms with E-state index in [9.17, 15) is 13.2 Å². The lowest BCUT2D eigenvalue weighted by Gasteiger charge is -2.17. The van der Waals surface area contributed by atoms with Gasteiger partial charge >= 0.3 is 0 Å². The van der Waals surface area contributed by atoms with Crippen molar-refractivity contribution in [2.24, 2.45) is 5.92 Å². The monoisotopic (exact) mass is 386 g/mol. The van der Waals surface area contributed by atoms with Gasteiger partial charge in [-0.1, -0.05) is 24.4 Å². The fourth-order valence-electron chi connectivity index (χ4n) is 2.86. The zero-order valence-electron chi connectivity index (χ0n) is 14.0. The Labute approximate surface area is 153 Å². The van der Waals surface area contributed by atoms with Gasteiger partial charge in [0, 0.05) is 11.6 Å². The maximum atomic E-state index is 12.8. The summed E-state index contributed by atoms with van der Waals surface area (Å²) in [5, 5.41) is 3.03. The lowest BCUT2D eigenvalue weighted by atomic mass is 10.1. The quantitative estimate of drug-likeness (QED) is 0.753. The van der Waals surface area contributed by atoms with E-state index in [4.69, 9.17) is 16.3 Å². The summed E-state index contributed by atoms with van der Waals surface area (Å²) in [7, 11) is -3.92. The highest BCUT2D eigenvalue weighted by Crippen LogP contribution is 2.33. The van der Waals surface area contributed by atoms with Crippen LogP contribution in [0.4, 0.5) is 0 Å². The molecule has 138 valence electrons.